The van der Waals surface area contributed by atoms with Crippen molar-refractivity contribution >= 4 is 11.6 Å². The van der Waals surface area contributed by atoms with Crippen LogP contribution in [0.3, 0.4) is 0 Å². The van der Waals surface area contributed by atoms with Crippen molar-refractivity contribution in [1.29, 1.82) is 0 Å². The molecule has 21 heavy (non-hydrogen) atoms. The van der Waals surface area contributed by atoms with Gasteiger partial charge in [-0.25, -0.2) is 0 Å². The molecule has 1 amide bonds. The monoisotopic (exact) mass is 284 g/mol. The van der Waals surface area contributed by atoms with Gasteiger partial charge < -0.3 is 11.1 Å². The number of benzene rings is 1. The summed E-state index contributed by atoms with van der Waals surface area (Å²) in [6, 6.07) is 10.3. The van der Waals surface area contributed by atoms with E-state index in [1.807, 2.05) is 29.1 Å². The molecule has 1 aliphatic rings. The molecule has 1 aliphatic carbocycles. The Morgan fingerprint density at radius 3 is 2.86 bits per heavy atom. The molecule has 1 fully saturated rings. The van der Waals surface area contributed by atoms with Gasteiger partial charge in [0, 0.05) is 18.2 Å². The van der Waals surface area contributed by atoms with E-state index in [-0.39, 0.29) is 17.9 Å². The number of carbonyl (C=O) groups excluding carboxylic acids is 1. The van der Waals surface area contributed by atoms with E-state index in [0.29, 0.717) is 6.54 Å². The number of nitrogens with two attached hydrogens (primary N) is 1. The Balaban J connectivity index is 1.59. The zero-order valence-electron chi connectivity index (χ0n) is 11.9. The SMILES string of the molecule is NC1CCC(C(=O)Nc2cnn(Cc3ccccc3)c2)C1. The molecular formula is C16H20N4O. The summed E-state index contributed by atoms with van der Waals surface area (Å²) in [5.41, 5.74) is 7.78. The maximum atomic E-state index is 12.1. The van der Waals surface area contributed by atoms with Crippen LogP contribution in [0, 0.1) is 5.92 Å². The second kappa shape index (κ2) is 6.10. The van der Waals surface area contributed by atoms with Crippen molar-refractivity contribution in [2.75, 3.05) is 5.32 Å². The van der Waals surface area contributed by atoms with Crippen LogP contribution in [-0.4, -0.2) is 21.7 Å². The zero-order valence-corrected chi connectivity index (χ0v) is 11.9. The Morgan fingerprint density at radius 1 is 1.33 bits per heavy atom. The van der Waals surface area contributed by atoms with E-state index in [4.69, 9.17) is 5.73 Å². The van der Waals surface area contributed by atoms with Crippen LogP contribution in [-0.2, 0) is 11.3 Å². The Bertz CT molecular complexity index is 608. The summed E-state index contributed by atoms with van der Waals surface area (Å²) in [4.78, 5) is 12.1. The number of nitrogens with zero attached hydrogens (tertiary/aromatic N) is 2. The van der Waals surface area contributed by atoms with Gasteiger partial charge in [0.15, 0.2) is 0 Å². The Morgan fingerprint density at radius 2 is 2.14 bits per heavy atom. The van der Waals surface area contributed by atoms with Gasteiger partial charge in [-0.2, -0.15) is 5.10 Å². The fraction of sp³-hybridized carbons (Fsp3) is 0.375. The molecule has 1 aromatic carbocycles. The van der Waals surface area contributed by atoms with E-state index in [2.05, 4.69) is 22.5 Å². The van der Waals surface area contributed by atoms with Crippen LogP contribution in [0.1, 0.15) is 24.8 Å². The molecule has 1 saturated carbocycles. The maximum absolute atomic E-state index is 12.1. The lowest BCUT2D eigenvalue weighted by molar-refractivity contribution is -0.119. The molecule has 0 saturated heterocycles. The molecule has 0 bridgehead atoms. The van der Waals surface area contributed by atoms with E-state index < -0.39 is 0 Å². The fourth-order valence-corrected chi connectivity index (χ4v) is 2.78. The summed E-state index contributed by atoms with van der Waals surface area (Å²) < 4.78 is 1.82. The zero-order chi connectivity index (χ0) is 14.7. The highest BCUT2D eigenvalue weighted by atomic mass is 16.1. The first-order valence-electron chi connectivity index (χ1n) is 7.33. The number of amides is 1. The third-order valence-corrected chi connectivity index (χ3v) is 3.93. The minimum Gasteiger partial charge on any atom is -0.328 e. The molecule has 0 spiro atoms. The van der Waals surface area contributed by atoms with Crippen molar-refractivity contribution < 1.29 is 4.79 Å². The molecule has 2 aromatic rings. The van der Waals surface area contributed by atoms with Crippen LogP contribution in [0.25, 0.3) is 0 Å². The van der Waals surface area contributed by atoms with Crippen LogP contribution < -0.4 is 11.1 Å². The van der Waals surface area contributed by atoms with Crippen LogP contribution in [0.4, 0.5) is 5.69 Å². The van der Waals surface area contributed by atoms with Crippen molar-refractivity contribution in [2.45, 2.75) is 31.8 Å². The third-order valence-electron chi connectivity index (χ3n) is 3.93. The van der Waals surface area contributed by atoms with Gasteiger partial charge in [0.05, 0.1) is 18.4 Å². The summed E-state index contributed by atoms with van der Waals surface area (Å²) in [7, 11) is 0. The lowest BCUT2D eigenvalue weighted by atomic mass is 10.1. The lowest BCUT2D eigenvalue weighted by Gasteiger charge is -2.08. The number of anilines is 1. The molecule has 1 aromatic heterocycles. The maximum Gasteiger partial charge on any atom is 0.227 e. The molecule has 3 rings (SSSR count). The van der Waals surface area contributed by atoms with Gasteiger partial charge in [-0.15, -0.1) is 0 Å². The predicted molar refractivity (Wildman–Crippen MR) is 81.7 cm³/mol. The normalized spacial score (nSPS) is 21.4. The molecule has 0 radical (unpaired) electrons. The summed E-state index contributed by atoms with van der Waals surface area (Å²) >= 11 is 0. The number of carbonyl (C=O) groups is 1. The molecule has 3 N–H and O–H groups in total. The van der Waals surface area contributed by atoms with E-state index >= 15 is 0 Å². The Kier molecular flexibility index (Phi) is 4.01. The van der Waals surface area contributed by atoms with Crippen LogP contribution in [0.5, 0.6) is 0 Å². The van der Waals surface area contributed by atoms with Crippen LogP contribution >= 0.6 is 0 Å². The minimum atomic E-state index is 0.0393. The van der Waals surface area contributed by atoms with Gasteiger partial charge in [-0.3, -0.25) is 9.48 Å². The van der Waals surface area contributed by atoms with Crippen molar-refractivity contribution in [2.24, 2.45) is 11.7 Å². The Labute approximate surface area is 124 Å². The lowest BCUT2D eigenvalue weighted by Crippen LogP contribution is -2.23. The second-order valence-corrected chi connectivity index (χ2v) is 5.67. The quantitative estimate of drug-likeness (QED) is 0.902. The first kappa shape index (κ1) is 13.8. The van der Waals surface area contributed by atoms with Crippen LogP contribution in [0.15, 0.2) is 42.7 Å². The highest BCUT2D eigenvalue weighted by Crippen LogP contribution is 2.25. The number of rotatable bonds is 4. The number of hydrogen-bond donors (Lipinski definition) is 2. The molecule has 5 nitrogen and oxygen atoms in total. The third kappa shape index (κ3) is 3.49. The first-order valence-corrected chi connectivity index (χ1v) is 7.33. The molecule has 110 valence electrons. The van der Waals surface area contributed by atoms with Gasteiger partial charge in [0.25, 0.3) is 0 Å². The molecular weight excluding hydrogens is 264 g/mol. The topological polar surface area (TPSA) is 72.9 Å². The molecule has 0 aliphatic heterocycles. The summed E-state index contributed by atoms with van der Waals surface area (Å²) in [6.45, 7) is 0.699. The van der Waals surface area contributed by atoms with Gasteiger partial charge in [0.2, 0.25) is 5.91 Å². The van der Waals surface area contributed by atoms with Gasteiger partial charge in [-0.05, 0) is 24.8 Å². The summed E-state index contributed by atoms with van der Waals surface area (Å²) in [5.74, 6) is 0.0969. The molecule has 1 heterocycles. The number of aromatic nitrogens is 2. The largest absolute Gasteiger partial charge is 0.328 e. The van der Waals surface area contributed by atoms with Crippen molar-refractivity contribution in [3.05, 3.63) is 48.3 Å². The summed E-state index contributed by atoms with van der Waals surface area (Å²) in [5, 5.41) is 7.22. The predicted octanol–water partition coefficient (Wildman–Crippen LogP) is 2.00. The van der Waals surface area contributed by atoms with Crippen LogP contribution in [0.2, 0.25) is 0 Å². The van der Waals surface area contributed by atoms with Gasteiger partial charge in [0.1, 0.15) is 0 Å². The standard InChI is InChI=1S/C16H20N4O/c17-14-7-6-13(8-14)16(21)19-15-9-18-20(11-15)10-12-4-2-1-3-5-12/h1-5,9,11,13-14H,6-8,10,17H2,(H,19,21). The average Bonchev–Trinajstić information content (AvgIpc) is 3.09. The van der Waals surface area contributed by atoms with E-state index in [1.165, 1.54) is 5.56 Å². The number of hydrogen-bond acceptors (Lipinski definition) is 3. The minimum absolute atomic E-state index is 0.0393. The fourth-order valence-electron chi connectivity index (χ4n) is 2.78. The van der Waals surface area contributed by atoms with Crippen molar-refractivity contribution in [3.63, 3.8) is 0 Å². The Hall–Kier alpha value is -2.14. The highest BCUT2D eigenvalue weighted by Gasteiger charge is 2.27. The number of nitrogens with one attached hydrogen (secondary N) is 1. The summed E-state index contributed by atoms with van der Waals surface area (Å²) in [6.07, 6.45) is 6.15. The highest BCUT2D eigenvalue weighted by molar-refractivity contribution is 5.92. The van der Waals surface area contributed by atoms with Crippen molar-refractivity contribution in [1.82, 2.24) is 9.78 Å². The first-order chi connectivity index (χ1) is 10.2. The van der Waals surface area contributed by atoms with Gasteiger partial charge in [-0.1, -0.05) is 30.3 Å². The smallest absolute Gasteiger partial charge is 0.227 e. The van der Waals surface area contributed by atoms with Gasteiger partial charge >= 0.3 is 0 Å². The molecule has 5 heteroatoms. The second-order valence-electron chi connectivity index (χ2n) is 5.67. The van der Waals surface area contributed by atoms with Crippen molar-refractivity contribution in [3.8, 4) is 0 Å². The molecule has 2 atom stereocenters. The van der Waals surface area contributed by atoms with E-state index in [9.17, 15) is 4.79 Å². The molecule has 2 unspecified atom stereocenters. The van der Waals surface area contributed by atoms with E-state index in [0.717, 1.165) is 24.9 Å². The van der Waals surface area contributed by atoms with E-state index in [1.54, 1.807) is 6.20 Å². The average molecular weight is 284 g/mol.